The second kappa shape index (κ2) is 9.57. The van der Waals surface area contributed by atoms with Gasteiger partial charge in [0.1, 0.15) is 11.5 Å². The highest BCUT2D eigenvalue weighted by atomic mass is 35.5. The van der Waals surface area contributed by atoms with E-state index in [9.17, 15) is 9.59 Å². The van der Waals surface area contributed by atoms with E-state index in [0.29, 0.717) is 37.6 Å². The topological polar surface area (TPSA) is 97.8 Å². The summed E-state index contributed by atoms with van der Waals surface area (Å²) in [6, 6.07) is 1.39. The van der Waals surface area contributed by atoms with Gasteiger partial charge in [-0.2, -0.15) is 0 Å². The Morgan fingerprint density at radius 1 is 1.19 bits per heavy atom. The maximum atomic E-state index is 12.7. The Bertz CT molecular complexity index is 649. The Labute approximate surface area is 166 Å². The Hall–Kier alpha value is -1.57. The number of piperidine rings is 1. The summed E-state index contributed by atoms with van der Waals surface area (Å²) in [6.45, 7) is 6.25. The first kappa shape index (κ1) is 21.7. The molecule has 2 aliphatic rings. The van der Waals surface area contributed by atoms with Crippen molar-refractivity contribution in [3.63, 3.8) is 0 Å². The van der Waals surface area contributed by atoms with E-state index in [0.717, 1.165) is 31.4 Å². The molecule has 2 fully saturated rings. The highest BCUT2D eigenvalue weighted by Crippen LogP contribution is 2.21. The molecule has 8 heteroatoms. The van der Waals surface area contributed by atoms with Crippen LogP contribution in [0.3, 0.4) is 0 Å². The van der Waals surface area contributed by atoms with Crippen LogP contribution in [-0.4, -0.2) is 55.1 Å². The van der Waals surface area contributed by atoms with Crippen LogP contribution in [0.2, 0.25) is 0 Å². The average molecular weight is 400 g/mol. The fourth-order valence-corrected chi connectivity index (χ4v) is 3.85. The van der Waals surface area contributed by atoms with Crippen LogP contribution in [0.15, 0.2) is 10.5 Å². The van der Waals surface area contributed by atoms with Gasteiger partial charge in [0, 0.05) is 32.3 Å². The van der Waals surface area contributed by atoms with Crippen molar-refractivity contribution in [1.82, 2.24) is 10.2 Å². The van der Waals surface area contributed by atoms with Gasteiger partial charge in [-0.25, -0.2) is 0 Å². The molecule has 152 valence electrons. The molecule has 3 heterocycles. The lowest BCUT2D eigenvalue weighted by atomic mass is 9.91. The monoisotopic (exact) mass is 399 g/mol. The largest absolute Gasteiger partial charge is 0.466 e. The molecule has 0 aromatic carbocycles. The van der Waals surface area contributed by atoms with Crippen LogP contribution in [0.4, 0.5) is 0 Å². The molecule has 0 bridgehead atoms. The van der Waals surface area contributed by atoms with E-state index in [-0.39, 0.29) is 36.2 Å². The molecular formula is C19H30ClN3O4. The third-order valence-corrected chi connectivity index (χ3v) is 5.49. The molecule has 0 saturated carbocycles. The van der Waals surface area contributed by atoms with E-state index < -0.39 is 6.04 Å². The molecule has 27 heavy (non-hydrogen) atoms. The van der Waals surface area contributed by atoms with Gasteiger partial charge in [0.2, 0.25) is 5.91 Å². The predicted octanol–water partition coefficient (Wildman–Crippen LogP) is 1.79. The summed E-state index contributed by atoms with van der Waals surface area (Å²) in [5, 5.41) is 3.06. The van der Waals surface area contributed by atoms with Crippen molar-refractivity contribution in [2.45, 2.75) is 51.6 Å². The maximum absolute atomic E-state index is 12.7. The number of nitrogens with zero attached hydrogens (tertiary/aromatic N) is 1. The van der Waals surface area contributed by atoms with E-state index >= 15 is 0 Å². The van der Waals surface area contributed by atoms with Gasteiger partial charge in [0.15, 0.2) is 0 Å². The van der Waals surface area contributed by atoms with Crippen LogP contribution in [0.25, 0.3) is 0 Å². The molecule has 1 aromatic rings. The molecule has 2 aliphatic heterocycles. The molecule has 1 atom stereocenters. The summed E-state index contributed by atoms with van der Waals surface area (Å²) in [5.41, 5.74) is 6.79. The summed E-state index contributed by atoms with van der Waals surface area (Å²) >= 11 is 0. The number of ether oxygens (including phenoxy) is 1. The summed E-state index contributed by atoms with van der Waals surface area (Å²) < 4.78 is 10.8. The van der Waals surface area contributed by atoms with E-state index in [1.165, 1.54) is 0 Å². The molecule has 7 nitrogen and oxygen atoms in total. The van der Waals surface area contributed by atoms with Crippen molar-refractivity contribution in [1.29, 1.82) is 0 Å². The number of hydrogen-bond acceptors (Lipinski definition) is 5. The number of carbonyl (C=O) groups is 2. The molecular weight excluding hydrogens is 370 g/mol. The van der Waals surface area contributed by atoms with Gasteiger partial charge in [-0.15, -0.1) is 12.4 Å². The molecule has 0 spiro atoms. The first-order valence-corrected chi connectivity index (χ1v) is 9.45. The van der Waals surface area contributed by atoms with E-state index in [2.05, 4.69) is 5.32 Å². The minimum absolute atomic E-state index is 0. The predicted molar refractivity (Wildman–Crippen MR) is 104 cm³/mol. The first-order valence-electron chi connectivity index (χ1n) is 9.45. The van der Waals surface area contributed by atoms with Gasteiger partial charge in [-0.05, 0) is 51.5 Å². The Balaban J connectivity index is 0.00000261. The van der Waals surface area contributed by atoms with Gasteiger partial charge < -0.3 is 25.1 Å². The van der Waals surface area contributed by atoms with Crippen molar-refractivity contribution in [2.75, 3.05) is 26.3 Å². The Kier molecular flexibility index (Phi) is 7.70. The summed E-state index contributed by atoms with van der Waals surface area (Å²) in [4.78, 5) is 26.9. The van der Waals surface area contributed by atoms with Crippen molar-refractivity contribution >= 4 is 24.2 Å². The number of nitrogens with one attached hydrogen (secondary N) is 1. The highest BCUT2D eigenvalue weighted by molar-refractivity contribution is 5.95. The number of likely N-dealkylation sites (tertiary alicyclic amines) is 1. The second-order valence-electron chi connectivity index (χ2n) is 7.38. The zero-order valence-corrected chi connectivity index (χ0v) is 16.8. The number of hydrogen-bond donors (Lipinski definition) is 2. The van der Waals surface area contributed by atoms with Gasteiger partial charge in [0.25, 0.3) is 5.91 Å². The number of aryl methyl sites for hydroxylation is 2. The summed E-state index contributed by atoms with van der Waals surface area (Å²) in [5.74, 6) is 1.50. The van der Waals surface area contributed by atoms with Crippen LogP contribution >= 0.6 is 12.4 Å². The van der Waals surface area contributed by atoms with E-state index in [4.69, 9.17) is 14.9 Å². The van der Waals surface area contributed by atoms with Gasteiger partial charge in [0.05, 0.1) is 11.6 Å². The van der Waals surface area contributed by atoms with E-state index in [1.54, 1.807) is 13.0 Å². The maximum Gasteiger partial charge on any atom is 0.255 e. The van der Waals surface area contributed by atoms with E-state index in [1.807, 2.05) is 11.8 Å². The fraction of sp³-hybridized carbons (Fsp3) is 0.684. The Morgan fingerprint density at radius 2 is 1.81 bits per heavy atom. The second-order valence-corrected chi connectivity index (χ2v) is 7.38. The zero-order valence-electron chi connectivity index (χ0n) is 16.0. The van der Waals surface area contributed by atoms with Crippen LogP contribution < -0.4 is 11.1 Å². The highest BCUT2D eigenvalue weighted by Gasteiger charge is 2.32. The lowest BCUT2D eigenvalue weighted by molar-refractivity contribution is -0.135. The number of nitrogens with two attached hydrogens (primary N) is 1. The van der Waals surface area contributed by atoms with Crippen LogP contribution in [0.1, 0.15) is 47.6 Å². The lowest BCUT2D eigenvalue weighted by Gasteiger charge is -2.36. The smallest absolute Gasteiger partial charge is 0.255 e. The molecule has 3 N–H and O–H groups in total. The van der Waals surface area contributed by atoms with Crippen LogP contribution in [0.5, 0.6) is 0 Å². The van der Waals surface area contributed by atoms with Crippen LogP contribution in [-0.2, 0) is 9.53 Å². The molecule has 2 saturated heterocycles. The van der Waals surface area contributed by atoms with Gasteiger partial charge in [-0.1, -0.05) is 0 Å². The molecule has 3 rings (SSSR count). The minimum Gasteiger partial charge on any atom is -0.466 e. The SMILES string of the molecule is Cc1cc(C(=O)NC2CCN(C(=O)C(N)C3CCOCC3)CC2)c(C)o1.Cl. The standard InChI is InChI=1S/C19H29N3O4.ClH/c1-12-11-16(13(2)26-12)18(23)21-15-3-7-22(8-4-15)19(24)17(20)14-5-9-25-10-6-14;/h11,14-15,17H,3-10,20H2,1-2H3,(H,21,23);1H. The van der Waals surface area contributed by atoms with Crippen LogP contribution in [0, 0.1) is 19.8 Å². The summed E-state index contributed by atoms with van der Waals surface area (Å²) in [6.07, 6.45) is 3.19. The molecule has 1 aromatic heterocycles. The molecule has 1 unspecified atom stereocenters. The average Bonchev–Trinajstić information content (AvgIpc) is 3.00. The molecule has 0 aliphatic carbocycles. The molecule has 0 radical (unpaired) electrons. The third-order valence-electron chi connectivity index (χ3n) is 5.49. The number of rotatable bonds is 4. The van der Waals surface area contributed by atoms with Crippen molar-refractivity contribution in [3.8, 4) is 0 Å². The van der Waals surface area contributed by atoms with Crippen molar-refractivity contribution in [3.05, 3.63) is 23.2 Å². The lowest BCUT2D eigenvalue weighted by Crippen LogP contribution is -2.53. The van der Waals surface area contributed by atoms with Crippen molar-refractivity contribution < 1.29 is 18.7 Å². The molecule has 2 amide bonds. The quantitative estimate of drug-likeness (QED) is 0.804. The number of halogens is 1. The Morgan fingerprint density at radius 3 is 2.37 bits per heavy atom. The fourth-order valence-electron chi connectivity index (χ4n) is 3.85. The normalized spacial score (nSPS) is 20.0. The number of furan rings is 1. The minimum atomic E-state index is -0.443. The van der Waals surface area contributed by atoms with Gasteiger partial charge >= 0.3 is 0 Å². The van der Waals surface area contributed by atoms with Crippen molar-refractivity contribution in [2.24, 2.45) is 11.7 Å². The first-order chi connectivity index (χ1) is 12.5. The summed E-state index contributed by atoms with van der Waals surface area (Å²) in [7, 11) is 0. The third kappa shape index (κ3) is 5.24. The van der Waals surface area contributed by atoms with Gasteiger partial charge in [-0.3, -0.25) is 9.59 Å². The zero-order chi connectivity index (χ0) is 18.7. The number of carbonyl (C=O) groups excluding carboxylic acids is 2. The number of amides is 2.